The molecule has 1 aliphatic heterocycles. The van der Waals surface area contributed by atoms with Crippen molar-refractivity contribution in [1.82, 2.24) is 10.2 Å². The third-order valence-electron chi connectivity index (χ3n) is 5.12. The zero-order valence-corrected chi connectivity index (χ0v) is 15.6. The Morgan fingerprint density at radius 1 is 0.964 bits per heavy atom. The molecule has 0 bridgehead atoms. The molecule has 2 N–H and O–H groups in total. The van der Waals surface area contributed by atoms with Crippen molar-refractivity contribution in [3.05, 3.63) is 71.3 Å². The number of aromatic carboxylic acids is 1. The van der Waals surface area contributed by atoms with Gasteiger partial charge in [0.05, 0.1) is 12.0 Å². The maximum Gasteiger partial charge on any atom is 0.335 e. The average Bonchev–Trinajstić information content (AvgIpc) is 2.73. The highest BCUT2D eigenvalue weighted by Gasteiger charge is 2.27. The number of benzene rings is 2. The fraction of sp³-hybridized carbons (Fsp3) is 0.318. The van der Waals surface area contributed by atoms with E-state index in [1.807, 2.05) is 30.3 Å². The number of piperidine rings is 1. The van der Waals surface area contributed by atoms with Gasteiger partial charge in [-0.15, -0.1) is 0 Å². The molecule has 3 rings (SSSR count). The van der Waals surface area contributed by atoms with E-state index in [9.17, 15) is 19.5 Å². The number of carbonyl (C=O) groups is 3. The summed E-state index contributed by atoms with van der Waals surface area (Å²) in [6.45, 7) is 1.53. The van der Waals surface area contributed by atoms with E-state index >= 15 is 0 Å². The predicted molar refractivity (Wildman–Crippen MR) is 105 cm³/mol. The molecule has 2 amide bonds. The lowest BCUT2D eigenvalue weighted by Crippen LogP contribution is -2.43. The van der Waals surface area contributed by atoms with Crippen LogP contribution in [0, 0.1) is 5.92 Å². The van der Waals surface area contributed by atoms with Gasteiger partial charge in [-0.1, -0.05) is 48.5 Å². The Kier molecular flexibility index (Phi) is 6.42. The molecule has 1 aliphatic rings. The van der Waals surface area contributed by atoms with Crippen LogP contribution in [-0.4, -0.2) is 40.9 Å². The average molecular weight is 380 g/mol. The lowest BCUT2D eigenvalue weighted by atomic mass is 9.95. The fourth-order valence-corrected chi connectivity index (χ4v) is 3.48. The van der Waals surface area contributed by atoms with Crippen LogP contribution in [0.2, 0.25) is 0 Å². The molecule has 0 saturated carbocycles. The summed E-state index contributed by atoms with van der Waals surface area (Å²) in [6, 6.07) is 16.3. The van der Waals surface area contributed by atoms with Crippen LogP contribution < -0.4 is 5.32 Å². The molecule has 146 valence electrons. The normalized spacial score (nSPS) is 14.5. The molecule has 1 saturated heterocycles. The van der Waals surface area contributed by atoms with E-state index in [4.69, 9.17) is 0 Å². The standard InChI is InChI=1S/C22H24N2O4/c25-20(14-18-8-4-5-9-19(18)22(27)28)24-12-10-17(11-13-24)21(26)23-15-16-6-2-1-3-7-16/h1-9,17H,10-15H2,(H,23,26)(H,27,28). The van der Waals surface area contributed by atoms with E-state index in [1.165, 1.54) is 6.07 Å². The van der Waals surface area contributed by atoms with Crippen LogP contribution in [0.25, 0.3) is 0 Å². The number of nitrogens with one attached hydrogen (secondary N) is 1. The molecule has 0 atom stereocenters. The van der Waals surface area contributed by atoms with Gasteiger partial charge in [0.15, 0.2) is 0 Å². The van der Waals surface area contributed by atoms with Crippen LogP contribution in [-0.2, 0) is 22.6 Å². The Hall–Kier alpha value is -3.15. The predicted octanol–water partition coefficient (Wildman–Crippen LogP) is 2.48. The van der Waals surface area contributed by atoms with Crippen LogP contribution in [0.1, 0.15) is 34.3 Å². The summed E-state index contributed by atoms with van der Waals surface area (Å²) in [5.74, 6) is -1.21. The molecule has 2 aromatic rings. The summed E-state index contributed by atoms with van der Waals surface area (Å²) in [5, 5.41) is 12.2. The Bertz CT molecular complexity index is 843. The van der Waals surface area contributed by atoms with E-state index in [1.54, 1.807) is 23.1 Å². The van der Waals surface area contributed by atoms with Crippen molar-refractivity contribution in [3.8, 4) is 0 Å². The first-order valence-electron chi connectivity index (χ1n) is 9.45. The largest absolute Gasteiger partial charge is 0.478 e. The Morgan fingerprint density at radius 2 is 1.61 bits per heavy atom. The Morgan fingerprint density at radius 3 is 2.29 bits per heavy atom. The number of carboxylic acid groups (broad SMARTS) is 1. The van der Waals surface area contributed by atoms with Crippen molar-refractivity contribution in [2.24, 2.45) is 5.92 Å². The zero-order valence-electron chi connectivity index (χ0n) is 15.6. The second-order valence-electron chi connectivity index (χ2n) is 7.00. The molecular formula is C22H24N2O4. The first-order valence-corrected chi connectivity index (χ1v) is 9.45. The molecule has 0 aliphatic carbocycles. The van der Waals surface area contributed by atoms with Gasteiger partial charge in [-0.3, -0.25) is 9.59 Å². The summed E-state index contributed by atoms with van der Waals surface area (Å²) in [7, 11) is 0. The van der Waals surface area contributed by atoms with Crippen molar-refractivity contribution in [1.29, 1.82) is 0 Å². The SMILES string of the molecule is O=C(O)c1ccccc1CC(=O)N1CCC(C(=O)NCc2ccccc2)CC1. The van der Waals surface area contributed by atoms with Crippen LogP contribution in [0.4, 0.5) is 0 Å². The molecule has 0 spiro atoms. The molecule has 0 aromatic heterocycles. The second kappa shape index (κ2) is 9.17. The van der Waals surface area contributed by atoms with Crippen LogP contribution >= 0.6 is 0 Å². The maximum absolute atomic E-state index is 12.6. The molecule has 28 heavy (non-hydrogen) atoms. The highest BCUT2D eigenvalue weighted by Crippen LogP contribution is 2.19. The zero-order chi connectivity index (χ0) is 19.9. The first kappa shape index (κ1) is 19.6. The first-order chi connectivity index (χ1) is 13.5. The number of hydrogen-bond donors (Lipinski definition) is 2. The quantitative estimate of drug-likeness (QED) is 0.806. The Balaban J connectivity index is 1.49. The summed E-state index contributed by atoms with van der Waals surface area (Å²) in [5.41, 5.74) is 1.73. The van der Waals surface area contributed by atoms with Crippen LogP contribution in [0.15, 0.2) is 54.6 Å². The van der Waals surface area contributed by atoms with Gasteiger partial charge < -0.3 is 15.3 Å². The van der Waals surface area contributed by atoms with Crippen molar-refractivity contribution < 1.29 is 19.5 Å². The lowest BCUT2D eigenvalue weighted by Gasteiger charge is -2.31. The second-order valence-corrected chi connectivity index (χ2v) is 7.00. The van der Waals surface area contributed by atoms with Crippen LogP contribution in [0.3, 0.4) is 0 Å². The lowest BCUT2D eigenvalue weighted by molar-refractivity contribution is -0.135. The number of carbonyl (C=O) groups excluding carboxylic acids is 2. The fourth-order valence-electron chi connectivity index (χ4n) is 3.48. The number of hydrogen-bond acceptors (Lipinski definition) is 3. The maximum atomic E-state index is 12.6. The number of nitrogens with zero attached hydrogens (tertiary/aromatic N) is 1. The monoisotopic (exact) mass is 380 g/mol. The number of amides is 2. The molecular weight excluding hydrogens is 356 g/mol. The highest BCUT2D eigenvalue weighted by atomic mass is 16.4. The number of carboxylic acids is 1. The molecule has 0 unspecified atom stereocenters. The number of rotatable bonds is 6. The number of likely N-dealkylation sites (tertiary alicyclic amines) is 1. The molecule has 1 heterocycles. The van der Waals surface area contributed by atoms with E-state index in [0.29, 0.717) is 38.0 Å². The molecule has 1 fully saturated rings. The minimum absolute atomic E-state index is 0.0205. The van der Waals surface area contributed by atoms with E-state index < -0.39 is 5.97 Å². The van der Waals surface area contributed by atoms with Gasteiger partial charge in [-0.05, 0) is 30.0 Å². The molecule has 6 heteroatoms. The summed E-state index contributed by atoms with van der Waals surface area (Å²) < 4.78 is 0. The molecule has 2 aromatic carbocycles. The van der Waals surface area contributed by atoms with Crippen molar-refractivity contribution in [2.75, 3.05) is 13.1 Å². The van der Waals surface area contributed by atoms with Crippen molar-refractivity contribution >= 4 is 17.8 Å². The van der Waals surface area contributed by atoms with E-state index in [0.717, 1.165) is 5.56 Å². The topological polar surface area (TPSA) is 86.7 Å². The third kappa shape index (κ3) is 4.97. The van der Waals surface area contributed by atoms with Gasteiger partial charge in [0.1, 0.15) is 0 Å². The van der Waals surface area contributed by atoms with Gasteiger partial charge in [-0.2, -0.15) is 0 Å². The highest BCUT2D eigenvalue weighted by molar-refractivity contribution is 5.91. The van der Waals surface area contributed by atoms with E-state index in [-0.39, 0.29) is 29.7 Å². The van der Waals surface area contributed by atoms with Crippen molar-refractivity contribution in [2.45, 2.75) is 25.8 Å². The van der Waals surface area contributed by atoms with Gasteiger partial charge in [0.25, 0.3) is 0 Å². The summed E-state index contributed by atoms with van der Waals surface area (Å²) >= 11 is 0. The van der Waals surface area contributed by atoms with Gasteiger partial charge >= 0.3 is 5.97 Å². The third-order valence-corrected chi connectivity index (χ3v) is 5.12. The molecule has 6 nitrogen and oxygen atoms in total. The van der Waals surface area contributed by atoms with E-state index in [2.05, 4.69) is 5.32 Å². The minimum Gasteiger partial charge on any atom is -0.478 e. The van der Waals surface area contributed by atoms with Gasteiger partial charge in [0.2, 0.25) is 11.8 Å². The summed E-state index contributed by atoms with van der Waals surface area (Å²) in [6.07, 6.45) is 1.30. The Labute approximate surface area is 164 Å². The van der Waals surface area contributed by atoms with Gasteiger partial charge in [-0.25, -0.2) is 4.79 Å². The van der Waals surface area contributed by atoms with Gasteiger partial charge in [0, 0.05) is 25.6 Å². The smallest absolute Gasteiger partial charge is 0.335 e. The molecule has 0 radical (unpaired) electrons. The van der Waals surface area contributed by atoms with Crippen molar-refractivity contribution in [3.63, 3.8) is 0 Å². The minimum atomic E-state index is -1.03. The van der Waals surface area contributed by atoms with Crippen LogP contribution in [0.5, 0.6) is 0 Å². The summed E-state index contributed by atoms with van der Waals surface area (Å²) in [4.78, 5) is 38.0.